The van der Waals surface area contributed by atoms with Gasteiger partial charge in [0.2, 0.25) is 15.9 Å². The van der Waals surface area contributed by atoms with Crippen molar-refractivity contribution in [3.63, 3.8) is 0 Å². The number of carbonyl (C=O) groups is 1. The first-order chi connectivity index (χ1) is 14.4. The molecule has 1 saturated heterocycles. The molecule has 9 heteroatoms. The van der Waals surface area contributed by atoms with Gasteiger partial charge in [-0.15, -0.1) is 11.8 Å². The number of sulfonamides is 1. The minimum absolute atomic E-state index is 0.0740. The van der Waals surface area contributed by atoms with Crippen LogP contribution in [0.15, 0.2) is 52.3 Å². The standard InChI is InChI=1S/C21H26N2O5S2/c1-27-19-9-8-18(14-20(19)28-2)30(25,26)23-12-10-15(11-13-23)21(24)22-16-4-6-17(29-3)7-5-16/h4-9,14-15H,10-13H2,1-3H3,(H,22,24). The number of nitrogens with zero attached hydrogens (tertiary/aromatic N) is 1. The molecule has 0 aliphatic carbocycles. The molecule has 7 nitrogen and oxygen atoms in total. The van der Waals surface area contributed by atoms with Crippen molar-refractivity contribution in [1.82, 2.24) is 4.31 Å². The molecule has 0 unspecified atom stereocenters. The van der Waals surface area contributed by atoms with E-state index >= 15 is 0 Å². The van der Waals surface area contributed by atoms with Crippen molar-refractivity contribution in [2.45, 2.75) is 22.6 Å². The summed E-state index contributed by atoms with van der Waals surface area (Å²) in [5, 5.41) is 2.93. The summed E-state index contributed by atoms with van der Waals surface area (Å²) in [4.78, 5) is 13.9. The lowest BCUT2D eigenvalue weighted by molar-refractivity contribution is -0.120. The summed E-state index contributed by atoms with van der Waals surface area (Å²) < 4.78 is 37.8. The quantitative estimate of drug-likeness (QED) is 0.651. The number of hydrogen-bond acceptors (Lipinski definition) is 6. The lowest BCUT2D eigenvalue weighted by atomic mass is 9.97. The fraction of sp³-hybridized carbons (Fsp3) is 0.381. The van der Waals surface area contributed by atoms with Crippen molar-refractivity contribution in [3.8, 4) is 11.5 Å². The molecule has 1 N–H and O–H groups in total. The molecule has 0 radical (unpaired) electrons. The van der Waals surface area contributed by atoms with Gasteiger partial charge in [0, 0.05) is 35.7 Å². The number of hydrogen-bond donors (Lipinski definition) is 1. The van der Waals surface area contributed by atoms with Crippen LogP contribution in [-0.2, 0) is 14.8 Å². The minimum atomic E-state index is -3.67. The van der Waals surface area contributed by atoms with Crippen molar-refractivity contribution >= 4 is 33.4 Å². The highest BCUT2D eigenvalue weighted by Crippen LogP contribution is 2.32. The first kappa shape index (κ1) is 22.5. The first-order valence-corrected chi connectivity index (χ1v) is 12.2. The lowest BCUT2D eigenvalue weighted by Crippen LogP contribution is -2.41. The summed E-state index contributed by atoms with van der Waals surface area (Å²) >= 11 is 1.64. The predicted octanol–water partition coefficient (Wildman–Crippen LogP) is 3.47. The van der Waals surface area contributed by atoms with Crippen LogP contribution >= 0.6 is 11.8 Å². The molecule has 0 saturated carbocycles. The summed E-state index contributed by atoms with van der Waals surface area (Å²) in [6.45, 7) is 0.584. The number of anilines is 1. The number of nitrogens with one attached hydrogen (secondary N) is 1. The van der Waals surface area contributed by atoms with Crippen LogP contribution in [0.2, 0.25) is 0 Å². The van der Waals surface area contributed by atoms with E-state index in [1.165, 1.54) is 30.7 Å². The number of amides is 1. The van der Waals surface area contributed by atoms with E-state index in [4.69, 9.17) is 9.47 Å². The monoisotopic (exact) mass is 450 g/mol. The lowest BCUT2D eigenvalue weighted by Gasteiger charge is -2.30. The third-order valence-electron chi connectivity index (χ3n) is 5.18. The molecule has 0 spiro atoms. The molecule has 2 aromatic carbocycles. The fourth-order valence-electron chi connectivity index (χ4n) is 3.40. The Kier molecular flexibility index (Phi) is 7.27. The van der Waals surface area contributed by atoms with E-state index in [0.29, 0.717) is 37.4 Å². The molecule has 30 heavy (non-hydrogen) atoms. The van der Waals surface area contributed by atoms with Crippen molar-refractivity contribution in [3.05, 3.63) is 42.5 Å². The fourth-order valence-corrected chi connectivity index (χ4v) is 5.30. The second kappa shape index (κ2) is 9.72. The highest BCUT2D eigenvalue weighted by molar-refractivity contribution is 7.98. The van der Waals surface area contributed by atoms with Crippen LogP contribution in [0.4, 0.5) is 5.69 Å². The molecule has 1 heterocycles. The largest absolute Gasteiger partial charge is 0.493 e. The molecule has 0 aromatic heterocycles. The zero-order chi connectivity index (χ0) is 21.7. The Morgan fingerprint density at radius 3 is 2.23 bits per heavy atom. The smallest absolute Gasteiger partial charge is 0.243 e. The van der Waals surface area contributed by atoms with Crippen molar-refractivity contribution in [2.24, 2.45) is 5.92 Å². The van der Waals surface area contributed by atoms with Gasteiger partial charge in [-0.1, -0.05) is 0 Å². The molecule has 3 rings (SSSR count). The highest BCUT2D eigenvalue weighted by Gasteiger charge is 2.32. The van der Waals surface area contributed by atoms with Gasteiger partial charge >= 0.3 is 0 Å². The number of benzene rings is 2. The van der Waals surface area contributed by atoms with Gasteiger partial charge in [-0.2, -0.15) is 4.31 Å². The summed E-state index contributed by atoms with van der Waals surface area (Å²) in [5.74, 6) is 0.537. The molecule has 1 amide bonds. The average molecular weight is 451 g/mol. The average Bonchev–Trinajstić information content (AvgIpc) is 2.79. The van der Waals surface area contributed by atoms with Gasteiger partial charge in [-0.3, -0.25) is 4.79 Å². The zero-order valence-electron chi connectivity index (χ0n) is 17.3. The Morgan fingerprint density at radius 2 is 1.67 bits per heavy atom. The number of piperidine rings is 1. The SMILES string of the molecule is COc1ccc(S(=O)(=O)N2CCC(C(=O)Nc3ccc(SC)cc3)CC2)cc1OC. The number of ether oxygens (including phenoxy) is 2. The van der Waals surface area contributed by atoms with E-state index in [-0.39, 0.29) is 16.7 Å². The van der Waals surface area contributed by atoms with Crippen LogP contribution in [0.1, 0.15) is 12.8 Å². The molecule has 162 valence electrons. The Bertz CT molecular complexity index is 985. The van der Waals surface area contributed by atoms with Crippen LogP contribution in [-0.4, -0.2) is 52.2 Å². The van der Waals surface area contributed by atoms with E-state index in [9.17, 15) is 13.2 Å². The predicted molar refractivity (Wildman–Crippen MR) is 118 cm³/mol. The van der Waals surface area contributed by atoms with Gasteiger partial charge in [0.25, 0.3) is 0 Å². The maximum Gasteiger partial charge on any atom is 0.243 e. The molecule has 0 atom stereocenters. The van der Waals surface area contributed by atoms with Crippen LogP contribution in [0, 0.1) is 5.92 Å². The van der Waals surface area contributed by atoms with Gasteiger partial charge in [-0.25, -0.2) is 8.42 Å². The summed E-state index contributed by atoms with van der Waals surface area (Å²) in [7, 11) is -0.707. The van der Waals surface area contributed by atoms with Gasteiger partial charge in [0.15, 0.2) is 11.5 Å². The third kappa shape index (κ3) is 4.91. The Hall–Kier alpha value is -2.23. The number of carbonyl (C=O) groups excluding carboxylic acids is 1. The highest BCUT2D eigenvalue weighted by atomic mass is 32.2. The normalized spacial score (nSPS) is 15.6. The van der Waals surface area contributed by atoms with Crippen molar-refractivity contribution in [1.29, 1.82) is 0 Å². The van der Waals surface area contributed by atoms with Gasteiger partial charge in [0.05, 0.1) is 19.1 Å². The second-order valence-corrected chi connectivity index (χ2v) is 9.73. The van der Waals surface area contributed by atoms with Crippen molar-refractivity contribution < 1.29 is 22.7 Å². The maximum atomic E-state index is 13.0. The number of rotatable bonds is 7. The van der Waals surface area contributed by atoms with Crippen LogP contribution in [0.3, 0.4) is 0 Å². The molecule has 1 fully saturated rings. The van der Waals surface area contributed by atoms with Crippen LogP contribution in [0.25, 0.3) is 0 Å². The van der Waals surface area contributed by atoms with Gasteiger partial charge < -0.3 is 14.8 Å². The zero-order valence-corrected chi connectivity index (χ0v) is 18.9. The Labute approximate surface area is 181 Å². The first-order valence-electron chi connectivity index (χ1n) is 9.56. The van der Waals surface area contributed by atoms with E-state index < -0.39 is 10.0 Å². The van der Waals surface area contributed by atoms with Gasteiger partial charge in [-0.05, 0) is 55.5 Å². The Balaban J connectivity index is 1.63. The minimum Gasteiger partial charge on any atom is -0.493 e. The second-order valence-electron chi connectivity index (χ2n) is 6.91. The van der Waals surface area contributed by atoms with Gasteiger partial charge in [0.1, 0.15) is 0 Å². The molecule has 2 aromatic rings. The molecule has 0 bridgehead atoms. The van der Waals surface area contributed by atoms with Crippen LogP contribution in [0.5, 0.6) is 11.5 Å². The third-order valence-corrected chi connectivity index (χ3v) is 7.81. The number of thioether (sulfide) groups is 1. The van der Waals surface area contributed by atoms with Crippen molar-refractivity contribution in [2.75, 3.05) is 38.9 Å². The molecule has 1 aliphatic heterocycles. The van der Waals surface area contributed by atoms with E-state index in [1.807, 2.05) is 30.5 Å². The summed E-state index contributed by atoms with van der Waals surface area (Å²) in [6.07, 6.45) is 2.94. The van der Waals surface area contributed by atoms with E-state index in [2.05, 4.69) is 5.32 Å². The molecule has 1 aliphatic rings. The van der Waals surface area contributed by atoms with Crippen LogP contribution < -0.4 is 14.8 Å². The van der Waals surface area contributed by atoms with E-state index in [0.717, 1.165) is 10.6 Å². The van der Waals surface area contributed by atoms with E-state index in [1.54, 1.807) is 17.8 Å². The molecular weight excluding hydrogens is 424 g/mol. The topological polar surface area (TPSA) is 84.9 Å². The molecular formula is C21H26N2O5S2. The summed E-state index contributed by atoms with van der Waals surface area (Å²) in [6, 6.07) is 12.2. The Morgan fingerprint density at radius 1 is 1.03 bits per heavy atom. The summed E-state index contributed by atoms with van der Waals surface area (Å²) in [5.41, 5.74) is 0.748. The maximum absolute atomic E-state index is 13.0. The number of methoxy groups -OCH3 is 2.